The van der Waals surface area contributed by atoms with Gasteiger partial charge in [-0.2, -0.15) is 5.26 Å². The molecule has 0 saturated heterocycles. The minimum absolute atomic E-state index is 0.0837. The van der Waals surface area contributed by atoms with Crippen molar-refractivity contribution in [3.63, 3.8) is 0 Å². The number of hydrogen-bond donors (Lipinski definition) is 0. The predicted molar refractivity (Wildman–Crippen MR) is 117 cm³/mol. The predicted octanol–water partition coefficient (Wildman–Crippen LogP) is 5.90. The zero-order valence-electron chi connectivity index (χ0n) is 17.8. The molecular formula is C25H31N3O2. The van der Waals surface area contributed by atoms with Crippen molar-refractivity contribution >= 4 is 5.97 Å². The molecule has 30 heavy (non-hydrogen) atoms. The van der Waals surface area contributed by atoms with Crippen molar-refractivity contribution < 1.29 is 9.53 Å². The van der Waals surface area contributed by atoms with E-state index in [-0.39, 0.29) is 18.0 Å². The molecule has 1 heterocycles. The number of rotatable bonds is 9. The summed E-state index contributed by atoms with van der Waals surface area (Å²) in [4.78, 5) is 21.4. The Labute approximate surface area is 179 Å². The van der Waals surface area contributed by atoms with Crippen molar-refractivity contribution in [3.8, 4) is 17.5 Å². The van der Waals surface area contributed by atoms with Crippen molar-refractivity contribution in [2.24, 2.45) is 5.92 Å². The number of aromatic nitrogens is 2. The first kappa shape index (κ1) is 22.0. The lowest BCUT2D eigenvalue weighted by atomic mass is 9.88. The van der Waals surface area contributed by atoms with Gasteiger partial charge < -0.3 is 4.74 Å². The van der Waals surface area contributed by atoms with Gasteiger partial charge in [-0.3, -0.25) is 0 Å². The summed E-state index contributed by atoms with van der Waals surface area (Å²) in [6.07, 6.45) is 14.2. The molecule has 1 aromatic heterocycles. The maximum atomic E-state index is 12.4. The third kappa shape index (κ3) is 6.38. The Balaban J connectivity index is 1.50. The molecule has 1 fully saturated rings. The molecule has 1 saturated carbocycles. The first-order chi connectivity index (χ1) is 14.7. The van der Waals surface area contributed by atoms with Crippen LogP contribution in [-0.2, 0) is 11.2 Å². The van der Waals surface area contributed by atoms with Gasteiger partial charge in [0.25, 0.3) is 0 Å². The summed E-state index contributed by atoms with van der Waals surface area (Å²) < 4.78 is 5.61. The third-order valence-electron chi connectivity index (χ3n) is 5.78. The number of carbonyl (C=O) groups excluding carboxylic acids is 1. The van der Waals surface area contributed by atoms with Crippen LogP contribution in [0.4, 0.5) is 0 Å². The molecule has 0 N–H and O–H groups in total. The second-order valence-electron chi connectivity index (χ2n) is 8.16. The van der Waals surface area contributed by atoms with Gasteiger partial charge in [0.05, 0.1) is 11.6 Å². The van der Waals surface area contributed by atoms with Crippen molar-refractivity contribution in [1.82, 2.24) is 9.97 Å². The number of unbranched alkanes of at least 4 members (excludes halogenated alkanes) is 4. The molecule has 5 heteroatoms. The van der Waals surface area contributed by atoms with Gasteiger partial charge in [-0.1, -0.05) is 44.7 Å². The average Bonchev–Trinajstić information content (AvgIpc) is 2.80. The van der Waals surface area contributed by atoms with E-state index in [1.165, 1.54) is 37.7 Å². The van der Waals surface area contributed by atoms with E-state index in [2.05, 4.69) is 23.0 Å². The zero-order valence-corrected chi connectivity index (χ0v) is 17.8. The van der Waals surface area contributed by atoms with Crippen molar-refractivity contribution in [1.29, 1.82) is 5.26 Å². The molecule has 2 aromatic rings. The van der Waals surface area contributed by atoms with Crippen molar-refractivity contribution in [3.05, 3.63) is 47.8 Å². The summed E-state index contributed by atoms with van der Waals surface area (Å²) in [6, 6.07) is 9.56. The molecule has 0 amide bonds. The maximum absolute atomic E-state index is 12.4. The van der Waals surface area contributed by atoms with E-state index in [1.807, 2.05) is 24.5 Å². The summed E-state index contributed by atoms with van der Waals surface area (Å²) in [7, 11) is 0. The molecule has 158 valence electrons. The van der Waals surface area contributed by atoms with Crippen LogP contribution in [0, 0.1) is 17.2 Å². The van der Waals surface area contributed by atoms with Crippen molar-refractivity contribution in [2.45, 2.75) is 77.2 Å². The third-order valence-corrected chi connectivity index (χ3v) is 5.78. The molecule has 0 bridgehead atoms. The Morgan fingerprint density at radius 3 is 2.33 bits per heavy atom. The second-order valence-corrected chi connectivity index (χ2v) is 8.16. The molecule has 0 aliphatic heterocycles. The number of nitriles is 1. The molecule has 1 aromatic carbocycles. The van der Waals surface area contributed by atoms with Crippen molar-refractivity contribution in [2.75, 3.05) is 0 Å². The average molecular weight is 406 g/mol. The summed E-state index contributed by atoms with van der Waals surface area (Å²) >= 11 is 0. The zero-order chi connectivity index (χ0) is 21.2. The second kappa shape index (κ2) is 11.4. The van der Waals surface area contributed by atoms with E-state index in [9.17, 15) is 4.79 Å². The highest BCUT2D eigenvalue weighted by molar-refractivity contribution is 5.90. The van der Waals surface area contributed by atoms with Gasteiger partial charge in [-0.15, -0.1) is 0 Å². The first-order valence-corrected chi connectivity index (χ1v) is 11.2. The smallest absolute Gasteiger partial charge is 0.338 e. The van der Waals surface area contributed by atoms with E-state index < -0.39 is 0 Å². The van der Waals surface area contributed by atoms with Crippen LogP contribution >= 0.6 is 0 Å². The van der Waals surface area contributed by atoms with Crippen LogP contribution in [0.3, 0.4) is 0 Å². The van der Waals surface area contributed by atoms with Gasteiger partial charge in [0.1, 0.15) is 6.10 Å². The standard InChI is InChI=1S/C25H31N3O2/c1-2-3-4-5-6-7-20-17-27-24(28-18-20)21-10-12-22(13-11-21)25(29)30-23-14-8-19(16-26)9-15-23/h10-13,17-19,23H,2-9,14-15H2,1H3/t19-,23-. The van der Waals surface area contributed by atoms with E-state index in [1.54, 1.807) is 12.1 Å². The summed E-state index contributed by atoms with van der Waals surface area (Å²) in [5.74, 6) is 0.465. The molecule has 0 spiro atoms. The fourth-order valence-electron chi connectivity index (χ4n) is 3.85. The molecule has 3 rings (SSSR count). The minimum Gasteiger partial charge on any atom is -0.459 e. The van der Waals surface area contributed by atoms with Gasteiger partial charge in [0.2, 0.25) is 0 Å². The topological polar surface area (TPSA) is 75.9 Å². The highest BCUT2D eigenvalue weighted by Gasteiger charge is 2.24. The van der Waals surface area contributed by atoms with Crippen LogP contribution in [0.5, 0.6) is 0 Å². The van der Waals surface area contributed by atoms with Gasteiger partial charge in [-0.05, 0) is 56.2 Å². The van der Waals surface area contributed by atoms with Crippen LogP contribution < -0.4 is 0 Å². The van der Waals surface area contributed by atoms with Gasteiger partial charge >= 0.3 is 5.97 Å². The fraction of sp³-hybridized carbons (Fsp3) is 0.520. The van der Waals surface area contributed by atoms with Crippen LogP contribution in [0.2, 0.25) is 0 Å². The number of aryl methyl sites for hydroxylation is 1. The Morgan fingerprint density at radius 2 is 1.70 bits per heavy atom. The fourth-order valence-corrected chi connectivity index (χ4v) is 3.85. The number of esters is 1. The van der Waals surface area contributed by atoms with Gasteiger partial charge in [-0.25, -0.2) is 14.8 Å². The molecule has 0 radical (unpaired) electrons. The molecule has 0 unspecified atom stereocenters. The normalized spacial score (nSPS) is 18.5. The Morgan fingerprint density at radius 1 is 1.03 bits per heavy atom. The Kier molecular flexibility index (Phi) is 8.38. The van der Waals surface area contributed by atoms with Gasteiger partial charge in [0, 0.05) is 23.9 Å². The SMILES string of the molecule is CCCCCCCc1cnc(-c2ccc(C(=O)O[C@H]3CC[C@H](C#N)CC3)cc2)nc1. The molecular weight excluding hydrogens is 374 g/mol. The monoisotopic (exact) mass is 405 g/mol. The lowest BCUT2D eigenvalue weighted by Gasteiger charge is -2.24. The lowest BCUT2D eigenvalue weighted by molar-refractivity contribution is 0.0187. The summed E-state index contributed by atoms with van der Waals surface area (Å²) in [5.41, 5.74) is 2.59. The Hall–Kier alpha value is -2.74. The van der Waals surface area contributed by atoms with Crippen LogP contribution in [0.1, 0.15) is 80.6 Å². The maximum Gasteiger partial charge on any atom is 0.338 e. The number of hydrogen-bond acceptors (Lipinski definition) is 5. The number of nitrogens with zero attached hydrogens (tertiary/aromatic N) is 3. The van der Waals surface area contributed by atoms with E-state index >= 15 is 0 Å². The quantitative estimate of drug-likeness (QED) is 0.384. The molecule has 1 aliphatic rings. The number of benzene rings is 1. The van der Waals surface area contributed by atoms with Crippen LogP contribution in [-0.4, -0.2) is 22.0 Å². The van der Waals surface area contributed by atoms with Crippen LogP contribution in [0.25, 0.3) is 11.4 Å². The summed E-state index contributed by atoms with van der Waals surface area (Å²) in [6.45, 7) is 2.23. The summed E-state index contributed by atoms with van der Waals surface area (Å²) in [5, 5.41) is 8.97. The first-order valence-electron chi connectivity index (χ1n) is 11.2. The van der Waals surface area contributed by atoms with Crippen LogP contribution in [0.15, 0.2) is 36.7 Å². The molecule has 0 atom stereocenters. The largest absolute Gasteiger partial charge is 0.459 e. The Bertz CT molecular complexity index is 832. The molecule has 5 nitrogen and oxygen atoms in total. The minimum atomic E-state index is -0.304. The van der Waals surface area contributed by atoms with E-state index in [0.717, 1.165) is 37.7 Å². The highest BCUT2D eigenvalue weighted by Crippen LogP contribution is 2.26. The van der Waals surface area contributed by atoms with E-state index in [0.29, 0.717) is 11.4 Å². The van der Waals surface area contributed by atoms with E-state index in [4.69, 9.17) is 10.00 Å². The van der Waals surface area contributed by atoms with Gasteiger partial charge in [0.15, 0.2) is 5.82 Å². The lowest BCUT2D eigenvalue weighted by Crippen LogP contribution is -2.24. The highest BCUT2D eigenvalue weighted by atomic mass is 16.5. The number of carbonyl (C=O) groups is 1. The molecule has 1 aliphatic carbocycles. The number of ether oxygens (including phenoxy) is 1.